The lowest BCUT2D eigenvalue weighted by atomic mass is 10.3. The lowest BCUT2D eigenvalue weighted by Crippen LogP contribution is -1.99. The molecule has 0 amide bonds. The van der Waals surface area contributed by atoms with Crippen LogP contribution in [0, 0.1) is 5.82 Å². The van der Waals surface area contributed by atoms with E-state index in [4.69, 9.17) is 9.94 Å². The van der Waals surface area contributed by atoms with Gasteiger partial charge in [0.1, 0.15) is 17.3 Å². The molecule has 0 unspecified atom stereocenters. The summed E-state index contributed by atoms with van der Waals surface area (Å²) in [6.07, 6.45) is 2.78. The number of aromatic nitrogens is 3. The van der Waals surface area contributed by atoms with Gasteiger partial charge in [0.25, 0.3) is 0 Å². The summed E-state index contributed by atoms with van der Waals surface area (Å²) in [6.45, 7) is 0. The van der Waals surface area contributed by atoms with E-state index < -0.39 is 0 Å². The van der Waals surface area contributed by atoms with Crippen LogP contribution in [0.25, 0.3) is 11.0 Å². The summed E-state index contributed by atoms with van der Waals surface area (Å²) in [4.78, 5) is 8.62. The number of nitrogens with zero attached hydrogens (tertiary/aromatic N) is 4. The third-order valence-electron chi connectivity index (χ3n) is 4.21. The molecule has 0 radical (unpaired) electrons. The smallest absolute Gasteiger partial charge is 0.208 e. The standard InChI is InChI=1S/C20H15BrFN5O2/c1-27-19-5-3-14(29-15-6-7-23-13(8-15)11-24-28)10-18(19)26-20(27)25-12-2-4-16(21)17(22)9-12/h2-11,28H,1H3,(H,25,26)/b24-11-. The van der Waals surface area contributed by atoms with Gasteiger partial charge in [0, 0.05) is 31.1 Å². The first-order valence-electron chi connectivity index (χ1n) is 8.53. The van der Waals surface area contributed by atoms with Gasteiger partial charge in [-0.2, -0.15) is 0 Å². The van der Waals surface area contributed by atoms with Crippen molar-refractivity contribution in [2.75, 3.05) is 5.32 Å². The third-order valence-corrected chi connectivity index (χ3v) is 4.85. The Bertz CT molecular complexity index is 1220. The Morgan fingerprint density at radius 2 is 2.00 bits per heavy atom. The SMILES string of the molecule is Cn1c(Nc2ccc(Br)c(F)c2)nc2cc(Oc3ccnc(/C=N\O)c3)ccc21. The lowest BCUT2D eigenvalue weighted by molar-refractivity contribution is 0.321. The van der Waals surface area contributed by atoms with E-state index in [-0.39, 0.29) is 5.82 Å². The van der Waals surface area contributed by atoms with E-state index in [1.165, 1.54) is 12.3 Å². The molecule has 0 aliphatic heterocycles. The molecular formula is C20H15BrFN5O2. The molecule has 2 aromatic carbocycles. The minimum Gasteiger partial charge on any atom is -0.457 e. The zero-order valence-corrected chi connectivity index (χ0v) is 16.8. The molecule has 2 aromatic heterocycles. The topological polar surface area (TPSA) is 84.6 Å². The van der Waals surface area contributed by atoms with Crippen molar-refractivity contribution < 1.29 is 14.3 Å². The van der Waals surface area contributed by atoms with Crippen molar-refractivity contribution in [3.05, 3.63) is 70.7 Å². The van der Waals surface area contributed by atoms with Crippen molar-refractivity contribution in [1.29, 1.82) is 0 Å². The predicted octanol–water partition coefficient (Wildman–Crippen LogP) is 5.21. The molecule has 29 heavy (non-hydrogen) atoms. The molecule has 0 bridgehead atoms. The van der Waals surface area contributed by atoms with Gasteiger partial charge in [-0.15, -0.1) is 0 Å². The van der Waals surface area contributed by atoms with Gasteiger partial charge in [0.05, 0.1) is 27.4 Å². The van der Waals surface area contributed by atoms with E-state index in [0.29, 0.717) is 33.3 Å². The Morgan fingerprint density at radius 1 is 1.17 bits per heavy atom. The molecular weight excluding hydrogens is 441 g/mol. The highest BCUT2D eigenvalue weighted by atomic mass is 79.9. The summed E-state index contributed by atoms with van der Waals surface area (Å²) < 4.78 is 21.9. The zero-order chi connectivity index (χ0) is 20.4. The summed E-state index contributed by atoms with van der Waals surface area (Å²) in [5, 5.41) is 14.7. The highest BCUT2D eigenvalue weighted by Gasteiger charge is 2.11. The Balaban J connectivity index is 1.61. The molecule has 7 nitrogen and oxygen atoms in total. The molecule has 2 heterocycles. The van der Waals surface area contributed by atoms with Gasteiger partial charge in [-0.25, -0.2) is 9.37 Å². The number of pyridine rings is 1. The second-order valence-electron chi connectivity index (χ2n) is 6.16. The van der Waals surface area contributed by atoms with Gasteiger partial charge < -0.3 is 19.8 Å². The quantitative estimate of drug-likeness (QED) is 0.245. The molecule has 0 aliphatic carbocycles. The number of aryl methyl sites for hydroxylation is 1. The first-order valence-corrected chi connectivity index (χ1v) is 9.32. The maximum atomic E-state index is 13.8. The third kappa shape index (κ3) is 4.04. The van der Waals surface area contributed by atoms with Crippen LogP contribution in [0.3, 0.4) is 0 Å². The summed E-state index contributed by atoms with van der Waals surface area (Å²) in [7, 11) is 1.87. The largest absolute Gasteiger partial charge is 0.457 e. The molecule has 0 saturated carbocycles. The first-order chi connectivity index (χ1) is 14.0. The van der Waals surface area contributed by atoms with Crippen LogP contribution in [0.5, 0.6) is 11.5 Å². The molecule has 0 atom stereocenters. The Kier molecular flexibility index (Phi) is 5.13. The normalized spacial score (nSPS) is 11.3. The van der Waals surface area contributed by atoms with Gasteiger partial charge in [0.15, 0.2) is 0 Å². The minimum atomic E-state index is -0.354. The highest BCUT2D eigenvalue weighted by Crippen LogP contribution is 2.28. The van der Waals surface area contributed by atoms with Gasteiger partial charge >= 0.3 is 0 Å². The number of oxime groups is 1. The average molecular weight is 456 g/mol. The van der Waals surface area contributed by atoms with E-state index in [2.05, 4.69) is 36.4 Å². The van der Waals surface area contributed by atoms with Crippen LogP contribution in [-0.2, 0) is 7.05 Å². The number of nitrogens with one attached hydrogen (secondary N) is 1. The molecule has 0 saturated heterocycles. The van der Waals surface area contributed by atoms with Crippen LogP contribution < -0.4 is 10.1 Å². The van der Waals surface area contributed by atoms with E-state index in [1.54, 1.807) is 30.5 Å². The lowest BCUT2D eigenvalue weighted by Gasteiger charge is -2.07. The Morgan fingerprint density at radius 3 is 2.79 bits per heavy atom. The van der Waals surface area contributed by atoms with Gasteiger partial charge in [-0.05, 0) is 52.3 Å². The fraction of sp³-hybridized carbons (Fsp3) is 0.0500. The molecule has 9 heteroatoms. The molecule has 4 rings (SSSR count). The van der Waals surface area contributed by atoms with E-state index in [0.717, 1.165) is 11.0 Å². The number of imidazole rings is 1. The number of anilines is 2. The summed E-state index contributed by atoms with van der Waals surface area (Å²) in [6, 6.07) is 13.7. The fourth-order valence-corrected chi connectivity index (χ4v) is 3.06. The van der Waals surface area contributed by atoms with Crippen molar-refractivity contribution in [3.63, 3.8) is 0 Å². The van der Waals surface area contributed by atoms with Gasteiger partial charge in [-0.3, -0.25) is 4.98 Å². The number of hydrogen-bond acceptors (Lipinski definition) is 6. The highest BCUT2D eigenvalue weighted by molar-refractivity contribution is 9.10. The van der Waals surface area contributed by atoms with Crippen molar-refractivity contribution in [2.45, 2.75) is 0 Å². The van der Waals surface area contributed by atoms with E-state index in [1.807, 2.05) is 29.8 Å². The molecule has 4 aromatic rings. The number of fused-ring (bicyclic) bond motifs is 1. The van der Waals surface area contributed by atoms with Crippen LogP contribution in [0.15, 0.2) is 64.4 Å². The summed E-state index contributed by atoms with van der Waals surface area (Å²) in [5.74, 6) is 1.36. The van der Waals surface area contributed by atoms with Crippen LogP contribution >= 0.6 is 15.9 Å². The Hall–Kier alpha value is -3.46. The fourth-order valence-electron chi connectivity index (χ4n) is 2.82. The second-order valence-corrected chi connectivity index (χ2v) is 7.02. The minimum absolute atomic E-state index is 0.354. The van der Waals surface area contributed by atoms with Gasteiger partial charge in [0.2, 0.25) is 5.95 Å². The van der Waals surface area contributed by atoms with Crippen molar-refractivity contribution in [1.82, 2.24) is 14.5 Å². The van der Waals surface area contributed by atoms with E-state index in [9.17, 15) is 4.39 Å². The molecule has 0 aliphatic rings. The maximum absolute atomic E-state index is 13.8. The number of benzene rings is 2. The predicted molar refractivity (Wildman–Crippen MR) is 112 cm³/mol. The average Bonchev–Trinajstić information content (AvgIpc) is 3.00. The molecule has 2 N–H and O–H groups in total. The second kappa shape index (κ2) is 7.88. The number of halogens is 2. The number of hydrogen-bond donors (Lipinski definition) is 2. The van der Waals surface area contributed by atoms with Crippen molar-refractivity contribution >= 4 is 44.8 Å². The van der Waals surface area contributed by atoms with Crippen LogP contribution in [0.2, 0.25) is 0 Å². The summed E-state index contributed by atoms with van der Waals surface area (Å²) >= 11 is 3.14. The Labute approximate surface area is 173 Å². The van der Waals surface area contributed by atoms with E-state index >= 15 is 0 Å². The summed E-state index contributed by atoms with van der Waals surface area (Å²) in [5.41, 5.74) is 2.67. The molecule has 0 fully saturated rings. The number of rotatable bonds is 5. The van der Waals surface area contributed by atoms with Crippen LogP contribution in [0.4, 0.5) is 16.0 Å². The maximum Gasteiger partial charge on any atom is 0.208 e. The van der Waals surface area contributed by atoms with Crippen molar-refractivity contribution in [3.8, 4) is 11.5 Å². The monoisotopic (exact) mass is 455 g/mol. The molecule has 146 valence electrons. The van der Waals surface area contributed by atoms with Gasteiger partial charge in [-0.1, -0.05) is 5.16 Å². The first kappa shape index (κ1) is 18.9. The number of ether oxygens (including phenoxy) is 1. The molecule has 0 spiro atoms. The van der Waals surface area contributed by atoms with Crippen molar-refractivity contribution in [2.24, 2.45) is 12.2 Å². The van der Waals surface area contributed by atoms with Crippen LogP contribution in [0.1, 0.15) is 5.69 Å². The zero-order valence-electron chi connectivity index (χ0n) is 15.2. The van der Waals surface area contributed by atoms with Crippen LogP contribution in [-0.4, -0.2) is 26.0 Å².